The molecule has 4 heteroatoms. The fraction of sp³-hybridized carbons (Fsp3) is 0.889. The maximum atomic E-state index is 12.0. The quantitative estimate of drug-likeness (QED) is 0.573. The van der Waals surface area contributed by atoms with Crippen molar-refractivity contribution in [3.63, 3.8) is 0 Å². The monoisotopic (exact) mass is 310 g/mol. The van der Waals surface area contributed by atoms with Gasteiger partial charge in [-0.1, -0.05) is 39.5 Å². The minimum atomic E-state index is -0.116. The van der Waals surface area contributed by atoms with Crippen molar-refractivity contribution in [1.82, 2.24) is 0 Å². The van der Waals surface area contributed by atoms with E-state index in [1.165, 1.54) is 12.8 Å². The van der Waals surface area contributed by atoms with Gasteiger partial charge in [0, 0.05) is 0 Å². The van der Waals surface area contributed by atoms with Crippen LogP contribution < -0.4 is 0 Å². The molecule has 4 nitrogen and oxygen atoms in total. The van der Waals surface area contributed by atoms with Gasteiger partial charge in [0.25, 0.3) is 0 Å². The van der Waals surface area contributed by atoms with Crippen LogP contribution in [0.5, 0.6) is 0 Å². The fourth-order valence-corrected chi connectivity index (χ4v) is 3.83. The Balaban J connectivity index is 1.64. The zero-order valence-corrected chi connectivity index (χ0v) is 14.0. The minimum Gasteiger partial charge on any atom is -0.462 e. The Labute approximate surface area is 133 Å². The van der Waals surface area contributed by atoms with E-state index in [0.29, 0.717) is 11.8 Å². The molecule has 0 aromatic rings. The Morgan fingerprint density at radius 1 is 0.727 bits per heavy atom. The van der Waals surface area contributed by atoms with Crippen LogP contribution in [0.3, 0.4) is 0 Å². The first-order valence-electron chi connectivity index (χ1n) is 8.93. The molecule has 22 heavy (non-hydrogen) atoms. The van der Waals surface area contributed by atoms with Crippen LogP contribution in [0.2, 0.25) is 0 Å². The zero-order chi connectivity index (χ0) is 15.9. The van der Waals surface area contributed by atoms with Gasteiger partial charge < -0.3 is 9.47 Å². The molecule has 0 heterocycles. The molecule has 2 fully saturated rings. The second-order valence-corrected chi connectivity index (χ2v) is 7.07. The maximum Gasteiger partial charge on any atom is 0.309 e. The maximum absolute atomic E-state index is 12.0. The number of carbonyl (C=O) groups is 2. The third-order valence-corrected chi connectivity index (χ3v) is 5.40. The minimum absolute atomic E-state index is 0.0304. The van der Waals surface area contributed by atoms with Gasteiger partial charge in [-0.25, -0.2) is 0 Å². The first kappa shape index (κ1) is 17.3. The molecule has 2 saturated carbocycles. The Kier molecular flexibility index (Phi) is 6.71. The second-order valence-electron chi connectivity index (χ2n) is 7.07. The predicted octanol–water partition coefficient (Wildman–Crippen LogP) is 3.73. The summed E-state index contributed by atoms with van der Waals surface area (Å²) in [5, 5.41) is 0. The molecule has 0 N–H and O–H groups in total. The van der Waals surface area contributed by atoms with Gasteiger partial charge in [-0.2, -0.15) is 0 Å². The molecular formula is C18H30O4. The Morgan fingerprint density at radius 3 is 1.45 bits per heavy atom. The number of carbonyl (C=O) groups excluding carboxylic acids is 2. The molecule has 2 aliphatic carbocycles. The predicted molar refractivity (Wildman–Crippen MR) is 84.2 cm³/mol. The van der Waals surface area contributed by atoms with Gasteiger partial charge in [-0.3, -0.25) is 9.59 Å². The molecule has 0 saturated heterocycles. The largest absolute Gasteiger partial charge is 0.462 e. The van der Waals surface area contributed by atoms with Gasteiger partial charge in [0.2, 0.25) is 0 Å². The van der Waals surface area contributed by atoms with E-state index in [2.05, 4.69) is 13.8 Å². The van der Waals surface area contributed by atoms with Gasteiger partial charge >= 0.3 is 11.9 Å². The van der Waals surface area contributed by atoms with Crippen molar-refractivity contribution in [2.75, 3.05) is 13.2 Å². The number of esters is 2. The molecule has 0 radical (unpaired) electrons. The highest BCUT2D eigenvalue weighted by atomic mass is 16.6. The van der Waals surface area contributed by atoms with Crippen LogP contribution in [-0.2, 0) is 19.1 Å². The van der Waals surface area contributed by atoms with Crippen molar-refractivity contribution in [2.24, 2.45) is 23.7 Å². The lowest BCUT2D eigenvalue weighted by Crippen LogP contribution is -2.30. The van der Waals surface area contributed by atoms with Crippen molar-refractivity contribution < 1.29 is 19.1 Å². The Hall–Kier alpha value is -1.06. The van der Waals surface area contributed by atoms with E-state index in [0.717, 1.165) is 38.5 Å². The molecule has 4 atom stereocenters. The van der Waals surface area contributed by atoms with Crippen LogP contribution in [0, 0.1) is 23.7 Å². The number of hydrogen-bond donors (Lipinski definition) is 0. The Bertz CT molecular complexity index is 343. The number of ether oxygens (including phenoxy) is 2. The van der Waals surface area contributed by atoms with Crippen LogP contribution >= 0.6 is 0 Å². The lowest BCUT2D eigenvalue weighted by atomic mass is 9.80. The summed E-state index contributed by atoms with van der Waals surface area (Å²) in [5.41, 5.74) is 0. The highest BCUT2D eigenvalue weighted by Crippen LogP contribution is 2.31. The molecule has 0 aromatic heterocycles. The normalized spacial score (nSPS) is 32.3. The molecule has 0 aromatic carbocycles. The third kappa shape index (κ3) is 4.72. The van der Waals surface area contributed by atoms with Crippen molar-refractivity contribution in [2.45, 2.75) is 65.2 Å². The summed E-state index contributed by atoms with van der Waals surface area (Å²) in [4.78, 5) is 24.1. The van der Waals surface area contributed by atoms with Crippen LogP contribution in [0.15, 0.2) is 0 Å². The molecule has 0 aliphatic heterocycles. The van der Waals surface area contributed by atoms with Crippen molar-refractivity contribution in [1.29, 1.82) is 0 Å². The summed E-state index contributed by atoms with van der Waals surface area (Å²) in [6.45, 7) is 4.62. The summed E-state index contributed by atoms with van der Waals surface area (Å²) in [7, 11) is 0. The average molecular weight is 310 g/mol. The van der Waals surface area contributed by atoms with Crippen LogP contribution in [0.1, 0.15) is 65.2 Å². The van der Waals surface area contributed by atoms with E-state index in [4.69, 9.17) is 9.47 Å². The third-order valence-electron chi connectivity index (χ3n) is 5.40. The average Bonchev–Trinajstić information content (AvgIpc) is 2.52. The molecular weight excluding hydrogens is 280 g/mol. The van der Waals surface area contributed by atoms with E-state index >= 15 is 0 Å². The van der Waals surface area contributed by atoms with Gasteiger partial charge in [0.05, 0.1) is 11.8 Å². The van der Waals surface area contributed by atoms with Gasteiger partial charge in [-0.15, -0.1) is 0 Å². The van der Waals surface area contributed by atoms with Crippen LogP contribution in [-0.4, -0.2) is 25.2 Å². The lowest BCUT2D eigenvalue weighted by molar-refractivity contribution is -0.160. The van der Waals surface area contributed by atoms with E-state index in [-0.39, 0.29) is 37.0 Å². The zero-order valence-electron chi connectivity index (χ0n) is 14.0. The van der Waals surface area contributed by atoms with Crippen LogP contribution in [0.4, 0.5) is 0 Å². The standard InChI is InChI=1S/C18H30O4/c1-13-7-3-5-9-15(13)17(19)21-11-12-22-18(20)16-10-6-4-8-14(16)2/h13-16H,3-12H2,1-2H3. The van der Waals surface area contributed by atoms with Crippen molar-refractivity contribution >= 4 is 11.9 Å². The second kappa shape index (κ2) is 8.54. The molecule has 0 spiro atoms. The highest BCUT2D eigenvalue weighted by molar-refractivity contribution is 5.73. The van der Waals surface area contributed by atoms with E-state index < -0.39 is 0 Å². The van der Waals surface area contributed by atoms with E-state index in [1.807, 2.05) is 0 Å². The summed E-state index contributed by atoms with van der Waals surface area (Å²) in [6.07, 6.45) is 8.71. The molecule has 2 rings (SSSR count). The Morgan fingerprint density at radius 2 is 1.09 bits per heavy atom. The molecule has 4 unspecified atom stereocenters. The summed E-state index contributed by atoms with van der Waals surface area (Å²) >= 11 is 0. The van der Waals surface area contributed by atoms with Gasteiger partial charge in [0.15, 0.2) is 0 Å². The molecule has 2 aliphatic rings. The van der Waals surface area contributed by atoms with Crippen molar-refractivity contribution in [3.05, 3.63) is 0 Å². The van der Waals surface area contributed by atoms with Crippen LogP contribution in [0.25, 0.3) is 0 Å². The highest BCUT2D eigenvalue weighted by Gasteiger charge is 2.30. The molecule has 0 amide bonds. The summed E-state index contributed by atoms with van der Waals surface area (Å²) in [5.74, 6) is 0.646. The molecule has 0 bridgehead atoms. The topological polar surface area (TPSA) is 52.6 Å². The summed E-state index contributed by atoms with van der Waals surface area (Å²) < 4.78 is 10.6. The summed E-state index contributed by atoms with van der Waals surface area (Å²) in [6, 6.07) is 0. The lowest BCUT2D eigenvalue weighted by Gasteiger charge is -2.27. The number of rotatable bonds is 5. The SMILES string of the molecule is CC1CCCCC1C(=O)OCCOC(=O)C1CCCCC1C. The van der Waals surface area contributed by atoms with Gasteiger partial charge in [0.1, 0.15) is 13.2 Å². The first-order chi connectivity index (χ1) is 10.6. The van der Waals surface area contributed by atoms with E-state index in [1.54, 1.807) is 0 Å². The number of hydrogen-bond acceptors (Lipinski definition) is 4. The van der Waals surface area contributed by atoms with E-state index in [9.17, 15) is 9.59 Å². The smallest absolute Gasteiger partial charge is 0.309 e. The first-order valence-corrected chi connectivity index (χ1v) is 8.93. The fourth-order valence-electron chi connectivity index (χ4n) is 3.83. The van der Waals surface area contributed by atoms with Gasteiger partial charge in [-0.05, 0) is 37.5 Å². The molecule has 126 valence electrons. The van der Waals surface area contributed by atoms with Crippen molar-refractivity contribution in [3.8, 4) is 0 Å².